The van der Waals surface area contributed by atoms with E-state index >= 15 is 0 Å². The zero-order valence-electron chi connectivity index (χ0n) is 12.1. The maximum absolute atomic E-state index is 12.5. The molecule has 0 fully saturated rings. The van der Waals surface area contributed by atoms with Gasteiger partial charge in [0, 0.05) is 6.54 Å². The Morgan fingerprint density at radius 3 is 2.65 bits per heavy atom. The van der Waals surface area contributed by atoms with Gasteiger partial charge < -0.3 is 9.64 Å². The predicted molar refractivity (Wildman–Crippen MR) is 77.8 cm³/mol. The quantitative estimate of drug-likeness (QED) is 0.414. The van der Waals surface area contributed by atoms with Gasteiger partial charge >= 0.3 is 5.97 Å². The lowest BCUT2D eigenvalue weighted by Gasteiger charge is -2.25. The summed E-state index contributed by atoms with van der Waals surface area (Å²) in [4.78, 5) is 25.8. The first-order valence-electron chi connectivity index (χ1n) is 6.60. The monoisotopic (exact) mass is 278 g/mol. The maximum Gasteiger partial charge on any atom is 0.354 e. The van der Waals surface area contributed by atoms with Crippen molar-refractivity contribution in [2.45, 2.75) is 25.3 Å². The van der Waals surface area contributed by atoms with Crippen molar-refractivity contribution in [1.29, 1.82) is 0 Å². The molecular weight excluding hydrogens is 256 g/mol. The SMILES string of the molecule is C=CCCNC1(C)C=C(C(=O)OC)N(CCC=C)C1=O. The van der Waals surface area contributed by atoms with Crippen molar-refractivity contribution >= 4 is 11.9 Å². The zero-order chi connectivity index (χ0) is 15.2. The smallest absolute Gasteiger partial charge is 0.354 e. The molecule has 0 spiro atoms. The summed E-state index contributed by atoms with van der Waals surface area (Å²) in [7, 11) is 1.31. The van der Waals surface area contributed by atoms with E-state index in [0.29, 0.717) is 19.5 Å². The molecule has 1 atom stereocenters. The Bertz CT molecular complexity index is 442. The highest BCUT2D eigenvalue weighted by atomic mass is 16.5. The predicted octanol–water partition coefficient (Wildman–Crippen LogP) is 1.39. The van der Waals surface area contributed by atoms with Gasteiger partial charge in [0.1, 0.15) is 11.2 Å². The molecule has 0 aromatic heterocycles. The molecule has 5 heteroatoms. The van der Waals surface area contributed by atoms with Gasteiger partial charge in [0.15, 0.2) is 0 Å². The van der Waals surface area contributed by atoms with Crippen LogP contribution in [-0.4, -0.2) is 42.5 Å². The van der Waals surface area contributed by atoms with Crippen LogP contribution < -0.4 is 5.32 Å². The summed E-state index contributed by atoms with van der Waals surface area (Å²) in [6.45, 7) is 10.1. The molecule has 1 heterocycles. The van der Waals surface area contributed by atoms with Crippen LogP contribution >= 0.6 is 0 Å². The van der Waals surface area contributed by atoms with E-state index in [1.165, 1.54) is 12.0 Å². The van der Waals surface area contributed by atoms with Gasteiger partial charge in [-0.3, -0.25) is 10.1 Å². The topological polar surface area (TPSA) is 58.6 Å². The summed E-state index contributed by atoms with van der Waals surface area (Å²) >= 11 is 0. The Morgan fingerprint density at radius 2 is 2.10 bits per heavy atom. The summed E-state index contributed by atoms with van der Waals surface area (Å²) in [6.07, 6.45) is 6.48. The molecule has 0 saturated carbocycles. The third-order valence-corrected chi connectivity index (χ3v) is 3.20. The second kappa shape index (κ2) is 7.05. The third kappa shape index (κ3) is 3.36. The van der Waals surface area contributed by atoms with Crippen molar-refractivity contribution in [1.82, 2.24) is 10.2 Å². The van der Waals surface area contributed by atoms with Crippen molar-refractivity contribution in [2.75, 3.05) is 20.2 Å². The molecule has 0 radical (unpaired) electrons. The summed E-state index contributed by atoms with van der Waals surface area (Å²) in [5.41, 5.74) is -0.596. The van der Waals surface area contributed by atoms with Gasteiger partial charge in [-0.15, -0.1) is 13.2 Å². The van der Waals surface area contributed by atoms with Crippen LogP contribution in [0.1, 0.15) is 19.8 Å². The molecule has 1 N–H and O–H groups in total. The first-order chi connectivity index (χ1) is 9.50. The van der Waals surface area contributed by atoms with Gasteiger partial charge in [0.2, 0.25) is 0 Å². The Labute approximate surface area is 120 Å². The molecule has 1 aliphatic heterocycles. The Hall–Kier alpha value is -1.88. The van der Waals surface area contributed by atoms with Crippen LogP contribution in [0.2, 0.25) is 0 Å². The van der Waals surface area contributed by atoms with Gasteiger partial charge in [-0.25, -0.2) is 4.79 Å². The van der Waals surface area contributed by atoms with E-state index in [1.54, 1.807) is 25.2 Å². The molecule has 0 bridgehead atoms. The first-order valence-corrected chi connectivity index (χ1v) is 6.60. The number of rotatable bonds is 8. The van der Waals surface area contributed by atoms with E-state index in [4.69, 9.17) is 4.74 Å². The van der Waals surface area contributed by atoms with Crippen molar-refractivity contribution in [2.24, 2.45) is 0 Å². The summed E-state index contributed by atoms with van der Waals surface area (Å²) in [5, 5.41) is 3.15. The lowest BCUT2D eigenvalue weighted by atomic mass is 10.0. The van der Waals surface area contributed by atoms with Gasteiger partial charge in [-0.2, -0.15) is 0 Å². The molecule has 20 heavy (non-hydrogen) atoms. The second-order valence-electron chi connectivity index (χ2n) is 4.76. The summed E-state index contributed by atoms with van der Waals surface area (Å²) in [5.74, 6) is -0.652. The van der Waals surface area contributed by atoms with Crippen LogP contribution in [0.25, 0.3) is 0 Å². The standard InChI is InChI=1S/C15H22N2O3/c1-5-7-9-16-15(3)11-12(13(18)20-4)17(14(15)19)10-8-6-2/h5-6,11,16H,1-2,7-10H2,3-4H3. The van der Waals surface area contributed by atoms with Crippen LogP contribution in [0.4, 0.5) is 0 Å². The molecule has 0 saturated heterocycles. The van der Waals surface area contributed by atoms with Crippen LogP contribution in [0, 0.1) is 0 Å². The Kier molecular flexibility index (Phi) is 5.70. The number of hydrogen-bond donors (Lipinski definition) is 1. The van der Waals surface area contributed by atoms with E-state index in [0.717, 1.165) is 6.42 Å². The van der Waals surface area contributed by atoms with E-state index in [2.05, 4.69) is 18.5 Å². The van der Waals surface area contributed by atoms with Gasteiger partial charge in [-0.1, -0.05) is 12.2 Å². The minimum atomic E-state index is -0.881. The minimum Gasteiger partial charge on any atom is -0.464 e. The Balaban J connectivity index is 2.95. The van der Waals surface area contributed by atoms with Gasteiger partial charge in [-0.05, 0) is 32.4 Å². The lowest BCUT2D eigenvalue weighted by Crippen LogP contribution is -2.50. The fourth-order valence-corrected chi connectivity index (χ4v) is 2.08. The Morgan fingerprint density at radius 1 is 1.45 bits per heavy atom. The van der Waals surface area contributed by atoms with Crippen LogP contribution in [0.5, 0.6) is 0 Å². The highest BCUT2D eigenvalue weighted by Gasteiger charge is 2.44. The third-order valence-electron chi connectivity index (χ3n) is 3.20. The fourth-order valence-electron chi connectivity index (χ4n) is 2.08. The average molecular weight is 278 g/mol. The molecule has 1 amide bonds. The minimum absolute atomic E-state index is 0.149. The molecule has 0 aromatic rings. The largest absolute Gasteiger partial charge is 0.464 e. The van der Waals surface area contributed by atoms with Crippen molar-refractivity contribution in [3.05, 3.63) is 37.1 Å². The number of methoxy groups -OCH3 is 1. The average Bonchev–Trinajstić information content (AvgIpc) is 2.69. The molecule has 0 aliphatic carbocycles. The maximum atomic E-state index is 12.5. The molecule has 1 unspecified atom stereocenters. The van der Waals surface area contributed by atoms with E-state index < -0.39 is 11.5 Å². The van der Waals surface area contributed by atoms with Gasteiger partial charge in [0.25, 0.3) is 5.91 Å². The number of amides is 1. The summed E-state index contributed by atoms with van der Waals surface area (Å²) < 4.78 is 4.74. The van der Waals surface area contributed by atoms with Crippen LogP contribution in [-0.2, 0) is 14.3 Å². The van der Waals surface area contributed by atoms with E-state index in [9.17, 15) is 9.59 Å². The number of carbonyl (C=O) groups excluding carboxylic acids is 2. The van der Waals surface area contributed by atoms with Crippen LogP contribution in [0.15, 0.2) is 37.1 Å². The molecule has 5 nitrogen and oxygen atoms in total. The lowest BCUT2D eigenvalue weighted by molar-refractivity contribution is -0.141. The van der Waals surface area contributed by atoms with Crippen molar-refractivity contribution in [3.8, 4) is 0 Å². The molecule has 1 rings (SSSR count). The van der Waals surface area contributed by atoms with E-state index in [-0.39, 0.29) is 11.6 Å². The zero-order valence-corrected chi connectivity index (χ0v) is 12.1. The normalized spacial score (nSPS) is 21.6. The summed E-state index contributed by atoms with van der Waals surface area (Å²) in [6, 6.07) is 0. The van der Waals surface area contributed by atoms with Crippen molar-refractivity contribution in [3.63, 3.8) is 0 Å². The van der Waals surface area contributed by atoms with Crippen LogP contribution in [0.3, 0.4) is 0 Å². The van der Waals surface area contributed by atoms with Gasteiger partial charge in [0.05, 0.1) is 7.11 Å². The molecule has 1 aliphatic rings. The highest BCUT2D eigenvalue weighted by Crippen LogP contribution is 2.26. The number of carbonyl (C=O) groups is 2. The molecule has 0 aromatic carbocycles. The number of hydrogen-bond acceptors (Lipinski definition) is 4. The number of nitrogens with zero attached hydrogens (tertiary/aromatic N) is 1. The fraction of sp³-hybridized carbons (Fsp3) is 0.467. The number of nitrogens with one attached hydrogen (secondary N) is 1. The van der Waals surface area contributed by atoms with E-state index in [1.807, 2.05) is 0 Å². The highest BCUT2D eigenvalue weighted by molar-refractivity contribution is 6.03. The second-order valence-corrected chi connectivity index (χ2v) is 4.76. The number of esters is 1. The van der Waals surface area contributed by atoms with Crippen molar-refractivity contribution < 1.29 is 14.3 Å². The number of ether oxygens (including phenoxy) is 1. The first kappa shape index (κ1) is 16.2. The molecule has 110 valence electrons. The molecular formula is C15H22N2O3.